The van der Waals surface area contributed by atoms with Crippen LogP contribution in [0.3, 0.4) is 0 Å². The molecule has 0 spiro atoms. The molecule has 0 saturated carbocycles. The number of rotatable bonds is 3. The lowest BCUT2D eigenvalue weighted by molar-refractivity contribution is -0.144. The van der Waals surface area contributed by atoms with Gasteiger partial charge in [0.05, 0.1) is 5.02 Å². The van der Waals surface area contributed by atoms with Crippen LogP contribution >= 0.6 is 11.6 Å². The van der Waals surface area contributed by atoms with Gasteiger partial charge in [0.15, 0.2) is 6.10 Å². The van der Waals surface area contributed by atoms with Crippen LogP contribution in [0, 0.1) is 5.82 Å². The maximum absolute atomic E-state index is 13.0. The number of carbonyl (C=O) groups excluding carboxylic acids is 1. The van der Waals surface area contributed by atoms with Crippen LogP contribution in [-0.2, 0) is 4.79 Å². The number of piperidine rings is 1. The maximum Gasteiger partial charge on any atom is 0.263 e. The highest BCUT2D eigenvalue weighted by atomic mass is 35.5. The van der Waals surface area contributed by atoms with E-state index in [-0.39, 0.29) is 23.0 Å². The van der Waals surface area contributed by atoms with Crippen molar-refractivity contribution in [3.8, 4) is 5.75 Å². The molecule has 3 nitrogen and oxygen atoms in total. The topological polar surface area (TPSA) is 29.5 Å². The molecule has 0 aliphatic carbocycles. The average Bonchev–Trinajstić information content (AvgIpc) is 2.41. The predicted octanol–water partition coefficient (Wildman–Crippen LogP) is 4.04. The standard InChI is InChI=1S/C16H21ClFNO2/c1-10-5-4-6-11(2)19(10)16(20)12(3)21-15-8-7-13(18)9-14(15)17/h7-12H,4-6H2,1-3H3. The summed E-state index contributed by atoms with van der Waals surface area (Å²) < 4.78 is 18.6. The molecule has 1 aromatic carbocycles. The lowest BCUT2D eigenvalue weighted by atomic mass is 9.97. The van der Waals surface area contributed by atoms with Gasteiger partial charge < -0.3 is 9.64 Å². The third-order valence-electron chi connectivity index (χ3n) is 3.99. The lowest BCUT2D eigenvalue weighted by Gasteiger charge is -2.40. The smallest absolute Gasteiger partial charge is 0.263 e. The Labute approximate surface area is 130 Å². The van der Waals surface area contributed by atoms with Crippen LogP contribution in [0.25, 0.3) is 0 Å². The van der Waals surface area contributed by atoms with Crippen LogP contribution in [0.15, 0.2) is 18.2 Å². The van der Waals surface area contributed by atoms with Crippen LogP contribution in [0.2, 0.25) is 5.02 Å². The Bertz CT molecular complexity index is 513. The second kappa shape index (κ2) is 6.65. The SMILES string of the molecule is CC(Oc1ccc(F)cc1Cl)C(=O)N1C(C)CCCC1C. The Hall–Kier alpha value is -1.29. The molecule has 2 rings (SSSR count). The highest BCUT2D eigenvalue weighted by Gasteiger charge is 2.32. The van der Waals surface area contributed by atoms with E-state index in [0.717, 1.165) is 19.3 Å². The van der Waals surface area contributed by atoms with Gasteiger partial charge in [-0.05, 0) is 58.2 Å². The molecule has 21 heavy (non-hydrogen) atoms. The zero-order chi connectivity index (χ0) is 15.6. The highest BCUT2D eigenvalue weighted by Crippen LogP contribution is 2.28. The fourth-order valence-electron chi connectivity index (χ4n) is 2.88. The second-order valence-corrected chi connectivity index (χ2v) is 6.12. The summed E-state index contributed by atoms with van der Waals surface area (Å²) in [6.07, 6.45) is 2.53. The van der Waals surface area contributed by atoms with E-state index in [2.05, 4.69) is 13.8 Å². The summed E-state index contributed by atoms with van der Waals surface area (Å²) >= 11 is 5.93. The van der Waals surface area contributed by atoms with Gasteiger partial charge >= 0.3 is 0 Å². The average molecular weight is 314 g/mol. The number of carbonyl (C=O) groups is 1. The Morgan fingerprint density at radius 1 is 1.38 bits per heavy atom. The molecular formula is C16H21ClFNO2. The molecule has 3 atom stereocenters. The first-order chi connectivity index (χ1) is 9.90. The fourth-order valence-corrected chi connectivity index (χ4v) is 3.09. The van der Waals surface area contributed by atoms with E-state index in [4.69, 9.17) is 16.3 Å². The molecule has 0 aromatic heterocycles. The van der Waals surface area contributed by atoms with Gasteiger partial charge in [-0.15, -0.1) is 0 Å². The zero-order valence-corrected chi connectivity index (χ0v) is 13.4. The van der Waals surface area contributed by atoms with Crippen molar-refractivity contribution < 1.29 is 13.9 Å². The maximum atomic E-state index is 13.0. The van der Waals surface area contributed by atoms with E-state index in [1.165, 1.54) is 18.2 Å². The van der Waals surface area contributed by atoms with Gasteiger partial charge in [-0.3, -0.25) is 4.79 Å². The number of halogens is 2. The van der Waals surface area contributed by atoms with Crippen molar-refractivity contribution in [3.05, 3.63) is 29.0 Å². The molecule has 116 valence electrons. The molecule has 1 fully saturated rings. The third-order valence-corrected chi connectivity index (χ3v) is 4.29. The summed E-state index contributed by atoms with van der Waals surface area (Å²) in [7, 11) is 0. The summed E-state index contributed by atoms with van der Waals surface area (Å²) in [6, 6.07) is 4.34. The van der Waals surface area contributed by atoms with E-state index in [1.54, 1.807) is 6.92 Å². The first kappa shape index (κ1) is 16.1. The van der Waals surface area contributed by atoms with Gasteiger partial charge in [-0.1, -0.05) is 11.6 Å². The Kier molecular flexibility index (Phi) is 5.09. The van der Waals surface area contributed by atoms with Gasteiger partial charge in [0.25, 0.3) is 5.91 Å². The van der Waals surface area contributed by atoms with Gasteiger partial charge in [0.1, 0.15) is 11.6 Å². The van der Waals surface area contributed by atoms with E-state index in [1.807, 2.05) is 4.90 Å². The van der Waals surface area contributed by atoms with Crippen molar-refractivity contribution in [3.63, 3.8) is 0 Å². The van der Waals surface area contributed by atoms with Gasteiger partial charge in [0, 0.05) is 12.1 Å². The van der Waals surface area contributed by atoms with Crippen LogP contribution in [-0.4, -0.2) is 29.0 Å². The van der Waals surface area contributed by atoms with Crippen LogP contribution in [0.4, 0.5) is 4.39 Å². The summed E-state index contributed by atoms with van der Waals surface area (Å²) in [5.74, 6) is -0.143. The van der Waals surface area contributed by atoms with Crippen molar-refractivity contribution in [1.82, 2.24) is 4.90 Å². The third kappa shape index (κ3) is 3.67. The molecule has 0 radical (unpaired) electrons. The van der Waals surface area contributed by atoms with Gasteiger partial charge in [-0.25, -0.2) is 4.39 Å². The first-order valence-corrected chi connectivity index (χ1v) is 7.72. The molecule has 1 saturated heterocycles. The van der Waals surface area contributed by atoms with E-state index in [0.29, 0.717) is 5.75 Å². The molecule has 5 heteroatoms. The molecule has 1 aliphatic heterocycles. The second-order valence-electron chi connectivity index (χ2n) is 5.71. The Morgan fingerprint density at radius 3 is 2.57 bits per heavy atom. The minimum absolute atomic E-state index is 0.0462. The minimum Gasteiger partial charge on any atom is -0.479 e. The van der Waals surface area contributed by atoms with E-state index < -0.39 is 11.9 Å². The van der Waals surface area contributed by atoms with Crippen molar-refractivity contribution >= 4 is 17.5 Å². The van der Waals surface area contributed by atoms with Gasteiger partial charge in [-0.2, -0.15) is 0 Å². The van der Waals surface area contributed by atoms with Crippen molar-refractivity contribution in [2.45, 2.75) is 58.2 Å². The number of hydrogen-bond acceptors (Lipinski definition) is 2. The number of benzene rings is 1. The summed E-state index contributed by atoms with van der Waals surface area (Å²) in [5.41, 5.74) is 0. The Morgan fingerprint density at radius 2 is 2.00 bits per heavy atom. The van der Waals surface area contributed by atoms with Crippen LogP contribution in [0.5, 0.6) is 5.75 Å². The number of ether oxygens (including phenoxy) is 1. The summed E-state index contributed by atoms with van der Waals surface area (Å²) in [4.78, 5) is 14.5. The van der Waals surface area contributed by atoms with E-state index >= 15 is 0 Å². The number of hydrogen-bond donors (Lipinski definition) is 0. The molecule has 0 bridgehead atoms. The largest absolute Gasteiger partial charge is 0.479 e. The monoisotopic (exact) mass is 313 g/mol. The quantitative estimate of drug-likeness (QED) is 0.843. The molecule has 0 N–H and O–H groups in total. The predicted molar refractivity (Wildman–Crippen MR) is 81.1 cm³/mol. The van der Waals surface area contributed by atoms with Gasteiger partial charge in [0.2, 0.25) is 0 Å². The normalized spacial score (nSPS) is 23.8. The van der Waals surface area contributed by atoms with Crippen molar-refractivity contribution in [1.29, 1.82) is 0 Å². The lowest BCUT2D eigenvalue weighted by Crippen LogP contribution is -2.51. The molecular weight excluding hydrogens is 293 g/mol. The number of nitrogens with zero attached hydrogens (tertiary/aromatic N) is 1. The molecule has 3 unspecified atom stereocenters. The molecule has 1 amide bonds. The number of likely N-dealkylation sites (tertiary alicyclic amines) is 1. The minimum atomic E-state index is -0.643. The summed E-state index contributed by atoms with van der Waals surface area (Å²) in [6.45, 7) is 5.83. The zero-order valence-electron chi connectivity index (χ0n) is 12.6. The van der Waals surface area contributed by atoms with Crippen LogP contribution < -0.4 is 4.74 Å². The Balaban J connectivity index is 2.08. The van der Waals surface area contributed by atoms with Crippen molar-refractivity contribution in [2.24, 2.45) is 0 Å². The fraction of sp³-hybridized carbons (Fsp3) is 0.562. The van der Waals surface area contributed by atoms with Crippen LogP contribution in [0.1, 0.15) is 40.0 Å². The molecule has 1 aliphatic rings. The molecule has 1 heterocycles. The van der Waals surface area contributed by atoms with E-state index in [9.17, 15) is 9.18 Å². The number of amides is 1. The van der Waals surface area contributed by atoms with Crippen molar-refractivity contribution in [2.75, 3.05) is 0 Å². The highest BCUT2D eigenvalue weighted by molar-refractivity contribution is 6.32. The molecule has 1 aromatic rings. The first-order valence-electron chi connectivity index (χ1n) is 7.34. The summed E-state index contributed by atoms with van der Waals surface area (Å²) in [5, 5.41) is 0.175.